The van der Waals surface area contributed by atoms with E-state index in [0.29, 0.717) is 24.3 Å². The third-order valence-electron chi connectivity index (χ3n) is 5.57. The summed E-state index contributed by atoms with van der Waals surface area (Å²) < 4.78 is 32.6. The Morgan fingerprint density at radius 1 is 1.00 bits per heavy atom. The fourth-order valence-corrected chi connectivity index (χ4v) is 5.30. The molecule has 1 fully saturated rings. The first-order chi connectivity index (χ1) is 14.7. The largest absolute Gasteiger partial charge is 0.452 e. The number of hydrogen-bond donors (Lipinski definition) is 1. The number of ether oxygens (including phenoxy) is 1. The summed E-state index contributed by atoms with van der Waals surface area (Å²) in [6, 6.07) is 9.99. The average molecular weight is 445 g/mol. The number of carbonyl (C=O) groups excluding carboxylic acids is 2. The Labute approximate surface area is 183 Å². The summed E-state index contributed by atoms with van der Waals surface area (Å²) in [7, 11) is -3.68. The topological polar surface area (TPSA) is 92.8 Å². The van der Waals surface area contributed by atoms with Crippen LogP contribution in [-0.2, 0) is 19.6 Å². The molecular weight excluding hydrogens is 416 g/mol. The number of hydrogen-bond acceptors (Lipinski definition) is 5. The van der Waals surface area contributed by atoms with Gasteiger partial charge in [0.2, 0.25) is 10.0 Å². The zero-order valence-corrected chi connectivity index (χ0v) is 18.9. The van der Waals surface area contributed by atoms with Crippen molar-refractivity contribution >= 4 is 27.6 Å². The smallest absolute Gasteiger partial charge is 0.338 e. The van der Waals surface area contributed by atoms with E-state index in [2.05, 4.69) is 5.32 Å². The van der Waals surface area contributed by atoms with Crippen LogP contribution < -0.4 is 5.32 Å². The molecule has 0 aliphatic carbocycles. The molecule has 3 rings (SSSR count). The highest BCUT2D eigenvalue weighted by atomic mass is 32.2. The summed E-state index contributed by atoms with van der Waals surface area (Å²) in [6.07, 6.45) is 2.67. The van der Waals surface area contributed by atoms with Gasteiger partial charge in [0, 0.05) is 18.8 Å². The molecule has 1 aliphatic rings. The normalized spacial score (nSPS) is 14.8. The van der Waals surface area contributed by atoms with Gasteiger partial charge in [0.15, 0.2) is 6.61 Å². The standard InChI is InChI=1S/C23H28N2O5S/c1-16-8-7-9-20(18(16)3)24-22(26)15-30-23(27)19-11-10-17(2)21(14-19)31(28,29)25-12-5-4-6-13-25/h7-11,14H,4-6,12-13,15H2,1-3H3,(H,24,26). The fraction of sp³-hybridized carbons (Fsp3) is 0.391. The summed E-state index contributed by atoms with van der Waals surface area (Å²) in [6.45, 7) is 6.04. The molecule has 1 amide bonds. The predicted octanol–water partition coefficient (Wildman–Crippen LogP) is 3.58. The molecule has 0 unspecified atom stereocenters. The Hall–Kier alpha value is -2.71. The van der Waals surface area contributed by atoms with Crippen molar-refractivity contribution in [1.29, 1.82) is 0 Å². The molecule has 0 bridgehead atoms. The van der Waals surface area contributed by atoms with E-state index in [1.807, 2.05) is 26.0 Å². The molecule has 166 valence electrons. The number of anilines is 1. The van der Waals surface area contributed by atoms with Crippen molar-refractivity contribution in [2.24, 2.45) is 0 Å². The minimum atomic E-state index is -3.68. The lowest BCUT2D eigenvalue weighted by Gasteiger charge is -2.26. The van der Waals surface area contributed by atoms with Crippen LogP contribution in [0.2, 0.25) is 0 Å². The zero-order valence-electron chi connectivity index (χ0n) is 18.1. The number of aryl methyl sites for hydroxylation is 2. The maximum Gasteiger partial charge on any atom is 0.338 e. The molecule has 2 aromatic carbocycles. The number of esters is 1. The molecule has 1 N–H and O–H groups in total. The Balaban J connectivity index is 1.69. The molecule has 1 aliphatic heterocycles. The number of benzene rings is 2. The van der Waals surface area contributed by atoms with E-state index in [1.165, 1.54) is 16.4 Å². The van der Waals surface area contributed by atoms with Gasteiger partial charge in [-0.25, -0.2) is 13.2 Å². The Morgan fingerprint density at radius 3 is 2.42 bits per heavy atom. The number of nitrogens with zero attached hydrogens (tertiary/aromatic N) is 1. The number of amides is 1. The highest BCUT2D eigenvalue weighted by molar-refractivity contribution is 7.89. The molecule has 0 aromatic heterocycles. The van der Waals surface area contributed by atoms with Crippen molar-refractivity contribution in [2.75, 3.05) is 25.0 Å². The van der Waals surface area contributed by atoms with Crippen LogP contribution in [0.5, 0.6) is 0 Å². The lowest BCUT2D eigenvalue weighted by Crippen LogP contribution is -2.36. The van der Waals surface area contributed by atoms with Gasteiger partial charge in [0.1, 0.15) is 0 Å². The molecule has 0 radical (unpaired) electrons. The molecule has 0 atom stereocenters. The van der Waals surface area contributed by atoms with Crippen LogP contribution in [0.4, 0.5) is 5.69 Å². The van der Waals surface area contributed by atoms with Crippen molar-refractivity contribution in [3.63, 3.8) is 0 Å². The van der Waals surface area contributed by atoms with Crippen molar-refractivity contribution in [2.45, 2.75) is 44.9 Å². The first kappa shape index (κ1) is 23.0. The van der Waals surface area contributed by atoms with Crippen LogP contribution in [0.3, 0.4) is 0 Å². The van der Waals surface area contributed by atoms with E-state index in [-0.39, 0.29) is 10.5 Å². The molecule has 0 saturated carbocycles. The van der Waals surface area contributed by atoms with E-state index < -0.39 is 28.5 Å². The van der Waals surface area contributed by atoms with Gasteiger partial charge in [-0.05, 0) is 68.5 Å². The van der Waals surface area contributed by atoms with E-state index in [0.717, 1.165) is 30.4 Å². The quantitative estimate of drug-likeness (QED) is 0.688. The summed E-state index contributed by atoms with van der Waals surface area (Å²) in [4.78, 5) is 24.8. The van der Waals surface area contributed by atoms with Gasteiger partial charge < -0.3 is 10.1 Å². The van der Waals surface area contributed by atoms with E-state index in [9.17, 15) is 18.0 Å². The second kappa shape index (κ2) is 9.62. The van der Waals surface area contributed by atoms with E-state index >= 15 is 0 Å². The fourth-order valence-electron chi connectivity index (χ4n) is 3.54. The number of rotatable bonds is 6. The van der Waals surface area contributed by atoms with Gasteiger partial charge in [-0.2, -0.15) is 4.31 Å². The molecule has 1 heterocycles. The summed E-state index contributed by atoms with van der Waals surface area (Å²) in [5.74, 6) is -1.21. The van der Waals surface area contributed by atoms with Gasteiger partial charge in [0.05, 0.1) is 10.5 Å². The molecular formula is C23H28N2O5S. The van der Waals surface area contributed by atoms with Gasteiger partial charge in [-0.3, -0.25) is 4.79 Å². The number of piperidine rings is 1. The highest BCUT2D eigenvalue weighted by Gasteiger charge is 2.28. The number of nitrogens with one attached hydrogen (secondary N) is 1. The molecule has 8 heteroatoms. The lowest BCUT2D eigenvalue weighted by atomic mass is 10.1. The maximum absolute atomic E-state index is 13.0. The molecule has 0 spiro atoms. The second-order valence-electron chi connectivity index (χ2n) is 7.82. The lowest BCUT2D eigenvalue weighted by molar-refractivity contribution is -0.119. The van der Waals surface area contributed by atoms with Crippen molar-refractivity contribution in [3.05, 3.63) is 58.7 Å². The minimum absolute atomic E-state index is 0.0979. The van der Waals surface area contributed by atoms with Crippen LogP contribution in [0.15, 0.2) is 41.3 Å². The minimum Gasteiger partial charge on any atom is -0.452 e. The highest BCUT2D eigenvalue weighted by Crippen LogP contribution is 2.25. The van der Waals surface area contributed by atoms with Crippen LogP contribution in [-0.4, -0.2) is 44.3 Å². The van der Waals surface area contributed by atoms with Crippen molar-refractivity contribution in [3.8, 4) is 0 Å². The Morgan fingerprint density at radius 2 is 1.71 bits per heavy atom. The molecule has 31 heavy (non-hydrogen) atoms. The average Bonchev–Trinajstić information content (AvgIpc) is 2.76. The maximum atomic E-state index is 13.0. The van der Waals surface area contributed by atoms with Gasteiger partial charge >= 0.3 is 5.97 Å². The molecule has 2 aromatic rings. The Kier molecular flexibility index (Phi) is 7.12. The SMILES string of the molecule is Cc1ccc(C(=O)OCC(=O)Nc2cccc(C)c2C)cc1S(=O)(=O)N1CCCCC1. The third-order valence-corrected chi connectivity index (χ3v) is 7.61. The van der Waals surface area contributed by atoms with Crippen LogP contribution >= 0.6 is 0 Å². The predicted molar refractivity (Wildman–Crippen MR) is 119 cm³/mol. The summed E-state index contributed by atoms with van der Waals surface area (Å²) in [5, 5.41) is 2.73. The van der Waals surface area contributed by atoms with Crippen LogP contribution in [0, 0.1) is 20.8 Å². The second-order valence-corrected chi connectivity index (χ2v) is 9.72. The van der Waals surface area contributed by atoms with Crippen molar-refractivity contribution < 1.29 is 22.7 Å². The van der Waals surface area contributed by atoms with Crippen LogP contribution in [0.25, 0.3) is 0 Å². The summed E-state index contributed by atoms with van der Waals surface area (Å²) >= 11 is 0. The van der Waals surface area contributed by atoms with Gasteiger partial charge in [0.25, 0.3) is 5.91 Å². The van der Waals surface area contributed by atoms with E-state index in [1.54, 1.807) is 19.1 Å². The summed E-state index contributed by atoms with van der Waals surface area (Å²) in [5.41, 5.74) is 3.30. The van der Waals surface area contributed by atoms with Crippen LogP contribution in [0.1, 0.15) is 46.3 Å². The van der Waals surface area contributed by atoms with Gasteiger partial charge in [-0.1, -0.05) is 24.6 Å². The first-order valence-corrected chi connectivity index (χ1v) is 11.8. The van der Waals surface area contributed by atoms with Crippen molar-refractivity contribution in [1.82, 2.24) is 4.31 Å². The molecule has 7 nitrogen and oxygen atoms in total. The Bertz CT molecular complexity index is 1090. The number of carbonyl (C=O) groups is 2. The van der Waals surface area contributed by atoms with Gasteiger partial charge in [-0.15, -0.1) is 0 Å². The third kappa shape index (κ3) is 5.32. The zero-order chi connectivity index (χ0) is 22.6. The monoisotopic (exact) mass is 444 g/mol. The van der Waals surface area contributed by atoms with E-state index in [4.69, 9.17) is 4.74 Å². The molecule has 1 saturated heterocycles. The first-order valence-electron chi connectivity index (χ1n) is 10.3. The number of sulfonamides is 1.